The van der Waals surface area contributed by atoms with Gasteiger partial charge in [-0.3, -0.25) is 0 Å². The first-order chi connectivity index (χ1) is 8.31. The molecule has 0 saturated heterocycles. The normalized spacial score (nSPS) is 19.6. The van der Waals surface area contributed by atoms with Gasteiger partial charge < -0.3 is 15.4 Å². The average molecular weight is 253 g/mol. The highest BCUT2D eigenvalue weighted by atomic mass is 32.1. The third-order valence-corrected chi connectivity index (χ3v) is 4.42. The first kappa shape index (κ1) is 11.3. The molecule has 0 radical (unpaired) electrons. The summed E-state index contributed by atoms with van der Waals surface area (Å²) >= 11 is 1.57. The van der Waals surface area contributed by atoms with Gasteiger partial charge in [0.05, 0.1) is 6.61 Å². The number of rotatable bonds is 6. The highest BCUT2D eigenvalue weighted by Crippen LogP contribution is 2.50. The number of anilines is 2. The number of nitrogens with zero attached hydrogens (tertiary/aromatic N) is 2. The maximum absolute atomic E-state index is 6.01. The smallest absolute Gasteiger partial charge is 0.142 e. The Morgan fingerprint density at radius 2 is 2.18 bits per heavy atom. The summed E-state index contributed by atoms with van der Waals surface area (Å²) in [5.74, 6) is 1.43. The van der Waals surface area contributed by atoms with Crippen LogP contribution in [0.25, 0.3) is 0 Å². The maximum atomic E-state index is 6.01. The van der Waals surface area contributed by atoms with Crippen LogP contribution in [0, 0.1) is 0 Å². The molecule has 2 fully saturated rings. The second kappa shape index (κ2) is 4.46. The van der Waals surface area contributed by atoms with Gasteiger partial charge in [0.1, 0.15) is 10.8 Å². The van der Waals surface area contributed by atoms with Gasteiger partial charge in [-0.2, -0.15) is 4.37 Å². The molecule has 0 amide bonds. The van der Waals surface area contributed by atoms with Gasteiger partial charge in [-0.05, 0) is 43.1 Å². The van der Waals surface area contributed by atoms with Crippen LogP contribution in [-0.2, 0) is 4.74 Å². The molecule has 3 rings (SSSR count). The highest BCUT2D eigenvalue weighted by Gasteiger charge is 2.36. The minimum absolute atomic E-state index is 0.674. The zero-order valence-electron chi connectivity index (χ0n) is 10.2. The van der Waals surface area contributed by atoms with Crippen molar-refractivity contribution in [1.29, 1.82) is 0 Å². The van der Waals surface area contributed by atoms with Crippen molar-refractivity contribution in [2.24, 2.45) is 0 Å². The molecule has 4 nitrogen and oxygen atoms in total. The lowest BCUT2D eigenvalue weighted by Gasteiger charge is -2.23. The second-order valence-corrected chi connectivity index (χ2v) is 5.73. The van der Waals surface area contributed by atoms with Crippen LogP contribution in [0.1, 0.15) is 37.2 Å². The molecule has 17 heavy (non-hydrogen) atoms. The Morgan fingerprint density at radius 3 is 2.76 bits per heavy atom. The van der Waals surface area contributed by atoms with Crippen LogP contribution < -0.4 is 10.6 Å². The average Bonchev–Trinajstić information content (AvgIpc) is 3.21. The van der Waals surface area contributed by atoms with Gasteiger partial charge >= 0.3 is 0 Å². The van der Waals surface area contributed by atoms with Crippen molar-refractivity contribution in [3.63, 3.8) is 0 Å². The van der Waals surface area contributed by atoms with Crippen molar-refractivity contribution in [3.05, 3.63) is 5.56 Å². The zero-order valence-corrected chi connectivity index (χ0v) is 11.0. The molecule has 2 aliphatic carbocycles. The van der Waals surface area contributed by atoms with E-state index in [1.165, 1.54) is 36.2 Å². The number of methoxy groups -OCH3 is 1. The van der Waals surface area contributed by atoms with E-state index in [4.69, 9.17) is 10.5 Å². The number of hydrogen-bond donors (Lipinski definition) is 1. The first-order valence-electron chi connectivity index (χ1n) is 6.32. The topological polar surface area (TPSA) is 51.4 Å². The third-order valence-electron chi connectivity index (χ3n) is 3.51. The lowest BCUT2D eigenvalue weighted by molar-refractivity contribution is 0.205. The summed E-state index contributed by atoms with van der Waals surface area (Å²) in [6, 6.07) is 0.697. The number of nitrogens with two attached hydrogens (primary N) is 1. The van der Waals surface area contributed by atoms with E-state index in [0.29, 0.717) is 12.0 Å². The SMILES string of the molecule is COCCN(c1snc(N)c1C1CC1)C1CC1. The van der Waals surface area contributed by atoms with Crippen LogP contribution in [0.4, 0.5) is 10.8 Å². The Bertz CT molecular complexity index is 398. The molecular weight excluding hydrogens is 234 g/mol. The molecule has 5 heteroatoms. The molecule has 2 saturated carbocycles. The van der Waals surface area contributed by atoms with Crippen molar-refractivity contribution in [1.82, 2.24) is 4.37 Å². The lowest BCUT2D eigenvalue weighted by Crippen LogP contribution is -2.29. The van der Waals surface area contributed by atoms with Gasteiger partial charge in [0.15, 0.2) is 0 Å². The fourth-order valence-electron chi connectivity index (χ4n) is 2.29. The molecule has 0 atom stereocenters. The predicted molar refractivity (Wildman–Crippen MR) is 70.7 cm³/mol. The molecule has 94 valence electrons. The quantitative estimate of drug-likeness (QED) is 0.844. The van der Waals surface area contributed by atoms with E-state index in [1.54, 1.807) is 18.6 Å². The largest absolute Gasteiger partial charge is 0.383 e. The Kier molecular flexibility index (Phi) is 2.96. The maximum Gasteiger partial charge on any atom is 0.142 e. The van der Waals surface area contributed by atoms with Gasteiger partial charge in [0, 0.05) is 25.3 Å². The van der Waals surface area contributed by atoms with E-state index in [-0.39, 0.29) is 0 Å². The van der Waals surface area contributed by atoms with Crippen molar-refractivity contribution in [2.45, 2.75) is 37.6 Å². The van der Waals surface area contributed by atoms with E-state index in [2.05, 4.69) is 9.27 Å². The van der Waals surface area contributed by atoms with E-state index in [9.17, 15) is 0 Å². The van der Waals surface area contributed by atoms with Crippen LogP contribution in [0.15, 0.2) is 0 Å². The predicted octanol–water partition coefficient (Wildman–Crippen LogP) is 2.22. The van der Waals surface area contributed by atoms with Gasteiger partial charge in [0.25, 0.3) is 0 Å². The Labute approximate surface area is 106 Å². The fourth-order valence-corrected chi connectivity index (χ4v) is 3.29. The summed E-state index contributed by atoms with van der Waals surface area (Å²) in [5, 5.41) is 1.31. The fraction of sp³-hybridized carbons (Fsp3) is 0.750. The number of ether oxygens (including phenoxy) is 1. The summed E-state index contributed by atoms with van der Waals surface area (Å²) in [4.78, 5) is 2.46. The van der Waals surface area contributed by atoms with Gasteiger partial charge in [-0.15, -0.1) is 0 Å². The Balaban J connectivity index is 1.84. The molecule has 2 aliphatic rings. The number of aromatic nitrogens is 1. The first-order valence-corrected chi connectivity index (χ1v) is 7.09. The van der Waals surface area contributed by atoms with E-state index in [1.807, 2.05) is 0 Å². The molecule has 0 bridgehead atoms. The van der Waals surface area contributed by atoms with Crippen LogP contribution in [0.5, 0.6) is 0 Å². The summed E-state index contributed by atoms with van der Waals surface area (Å²) in [6.07, 6.45) is 5.15. The van der Waals surface area contributed by atoms with E-state index < -0.39 is 0 Å². The Morgan fingerprint density at radius 1 is 1.41 bits per heavy atom. The standard InChI is InChI=1S/C12H19N3OS/c1-16-7-6-15(9-4-5-9)12-10(8-2-3-8)11(13)14-17-12/h8-9H,2-7H2,1H3,(H2,13,14). The second-order valence-electron chi connectivity index (χ2n) is 4.98. The van der Waals surface area contributed by atoms with Crippen LogP contribution >= 0.6 is 11.5 Å². The number of hydrogen-bond acceptors (Lipinski definition) is 5. The van der Waals surface area contributed by atoms with Crippen LogP contribution in [0.3, 0.4) is 0 Å². The summed E-state index contributed by atoms with van der Waals surface area (Å²) < 4.78 is 9.56. The van der Waals surface area contributed by atoms with Crippen molar-refractivity contribution >= 4 is 22.4 Å². The van der Waals surface area contributed by atoms with E-state index >= 15 is 0 Å². The molecular formula is C12H19N3OS. The third kappa shape index (κ3) is 2.26. The zero-order chi connectivity index (χ0) is 11.8. The highest BCUT2D eigenvalue weighted by molar-refractivity contribution is 7.10. The molecule has 1 heterocycles. The van der Waals surface area contributed by atoms with Crippen molar-refractivity contribution < 1.29 is 4.74 Å². The van der Waals surface area contributed by atoms with Gasteiger partial charge in [-0.25, -0.2) is 0 Å². The summed E-state index contributed by atoms with van der Waals surface area (Å²) in [7, 11) is 1.76. The minimum Gasteiger partial charge on any atom is -0.383 e. The van der Waals surface area contributed by atoms with E-state index in [0.717, 1.165) is 19.0 Å². The molecule has 0 aromatic carbocycles. The molecule has 1 aromatic rings. The molecule has 2 N–H and O–H groups in total. The van der Waals surface area contributed by atoms with Crippen molar-refractivity contribution in [2.75, 3.05) is 30.9 Å². The molecule has 1 aromatic heterocycles. The minimum atomic E-state index is 0.674. The van der Waals surface area contributed by atoms with Gasteiger partial charge in [-0.1, -0.05) is 0 Å². The van der Waals surface area contributed by atoms with Crippen LogP contribution in [-0.4, -0.2) is 30.7 Å². The lowest BCUT2D eigenvalue weighted by atomic mass is 10.2. The molecule has 0 unspecified atom stereocenters. The Hall–Kier alpha value is -0.810. The summed E-state index contributed by atoms with van der Waals surface area (Å²) in [6.45, 7) is 1.74. The monoisotopic (exact) mass is 253 g/mol. The molecule has 0 aliphatic heterocycles. The van der Waals surface area contributed by atoms with Gasteiger partial charge in [0.2, 0.25) is 0 Å². The summed E-state index contributed by atoms with van der Waals surface area (Å²) in [5.41, 5.74) is 7.33. The number of nitrogen functional groups attached to an aromatic ring is 1. The van der Waals surface area contributed by atoms with Crippen molar-refractivity contribution in [3.8, 4) is 0 Å². The van der Waals surface area contributed by atoms with Crippen LogP contribution in [0.2, 0.25) is 0 Å². The molecule has 0 spiro atoms.